The lowest BCUT2D eigenvalue weighted by molar-refractivity contribution is -0.152. The maximum absolute atomic E-state index is 15.6. The second-order valence-electron chi connectivity index (χ2n) is 31.8. The molecular formula is C75H133ClN12O15. The van der Waals surface area contributed by atoms with Crippen molar-refractivity contribution in [3.63, 3.8) is 0 Å². The molecule has 590 valence electrons. The number of amides is 12. The lowest BCUT2D eigenvalue weighted by Gasteiger charge is -2.39. The van der Waals surface area contributed by atoms with Crippen LogP contribution in [0.4, 0.5) is 0 Å². The molecule has 12 amide bonds. The average molecular weight is 1480 g/mol. The highest BCUT2D eigenvalue weighted by atomic mass is 35.5. The van der Waals surface area contributed by atoms with Crippen molar-refractivity contribution in [2.24, 2.45) is 41.4 Å². The van der Waals surface area contributed by atoms with Crippen LogP contribution >= 0.6 is 11.6 Å². The van der Waals surface area contributed by atoms with Crippen molar-refractivity contribution < 1.29 is 72.5 Å². The first kappa shape index (κ1) is 91.0. The molecule has 0 bridgehead atoms. The molecule has 2 aliphatic heterocycles. The molecule has 3 aliphatic rings. The second kappa shape index (κ2) is 44.1. The predicted octanol–water partition coefficient (Wildman–Crippen LogP) is 4.79. The van der Waals surface area contributed by atoms with Gasteiger partial charge in [0.1, 0.15) is 54.4 Å². The Morgan fingerprint density at radius 2 is 0.932 bits per heavy atom. The molecular weight excluding hydrogens is 1340 g/mol. The highest BCUT2D eigenvalue weighted by Gasteiger charge is 2.45. The molecule has 0 radical (unpaired) electrons. The summed E-state index contributed by atoms with van der Waals surface area (Å²) in [7, 11) is 10.3. The van der Waals surface area contributed by atoms with Crippen molar-refractivity contribution in [1.29, 1.82) is 0 Å². The van der Waals surface area contributed by atoms with Gasteiger partial charge in [-0.05, 0) is 125 Å². The molecule has 28 heteroatoms. The summed E-state index contributed by atoms with van der Waals surface area (Å²) in [4.78, 5) is 190. The number of likely N-dealkylation sites (N-methyl/N-ethyl adjacent to an activating group) is 6. The van der Waals surface area contributed by atoms with E-state index in [4.69, 9.17) is 16.3 Å². The first-order valence-corrected chi connectivity index (χ1v) is 38.5. The number of alkyl halides is 1. The summed E-state index contributed by atoms with van der Waals surface area (Å²) in [6, 6.07) is -12.5. The molecule has 103 heavy (non-hydrogen) atoms. The highest BCUT2D eigenvalue weighted by Crippen LogP contribution is 2.33. The third-order valence-electron chi connectivity index (χ3n) is 20.6. The van der Waals surface area contributed by atoms with Crippen LogP contribution in [0.1, 0.15) is 206 Å². The van der Waals surface area contributed by atoms with Gasteiger partial charge >= 0.3 is 0 Å². The smallest absolute Gasteiger partial charge is 0.248 e. The minimum Gasteiger partial charge on any atom is -0.394 e. The van der Waals surface area contributed by atoms with Crippen LogP contribution in [-0.2, 0) is 62.3 Å². The van der Waals surface area contributed by atoms with E-state index in [1.54, 1.807) is 4.90 Å². The summed E-state index contributed by atoms with van der Waals surface area (Å²) in [6.45, 7) is 23.6. The molecule has 2 unspecified atom stereocenters. The number of ether oxygens (including phenoxy) is 1. The molecule has 3 fully saturated rings. The molecule has 6 N–H and O–H groups in total. The molecule has 14 atom stereocenters. The highest BCUT2D eigenvalue weighted by molar-refractivity contribution is 6.20. The van der Waals surface area contributed by atoms with E-state index >= 15 is 19.2 Å². The van der Waals surface area contributed by atoms with Crippen LogP contribution in [0.25, 0.3) is 0 Å². The molecule has 0 spiro atoms. The fourth-order valence-corrected chi connectivity index (χ4v) is 14.4. The fraction of sp³-hybridized carbons (Fsp3) is 0.840. The molecule has 2 saturated heterocycles. The maximum Gasteiger partial charge on any atom is 0.248 e. The van der Waals surface area contributed by atoms with Crippen molar-refractivity contribution in [3.8, 4) is 0 Å². The number of rotatable bonds is 20. The van der Waals surface area contributed by atoms with E-state index in [0.29, 0.717) is 38.8 Å². The zero-order valence-corrected chi connectivity index (χ0v) is 66.9. The number of hydrogen-bond donors (Lipinski definition) is 6. The number of likely N-dealkylation sites (tertiary alicyclic amines) is 1. The van der Waals surface area contributed by atoms with E-state index in [1.807, 2.05) is 83.1 Å². The van der Waals surface area contributed by atoms with Gasteiger partial charge in [-0.1, -0.05) is 102 Å². The Balaban J connectivity index is 2.35. The summed E-state index contributed by atoms with van der Waals surface area (Å²) in [5.41, 5.74) is 0. The van der Waals surface area contributed by atoms with Crippen LogP contribution in [-0.4, -0.2) is 281 Å². The molecule has 27 nitrogen and oxygen atoms in total. The van der Waals surface area contributed by atoms with Crippen LogP contribution in [0, 0.1) is 41.4 Å². The summed E-state index contributed by atoms with van der Waals surface area (Å²) < 4.78 is 5.77. The summed E-state index contributed by atoms with van der Waals surface area (Å²) in [6.07, 6.45) is 3.90. The number of piperidine rings is 1. The lowest BCUT2D eigenvalue weighted by Crippen LogP contribution is -2.62. The Labute approximate surface area is 620 Å². The third kappa shape index (κ3) is 28.2. The van der Waals surface area contributed by atoms with Crippen molar-refractivity contribution in [2.45, 2.75) is 277 Å². The monoisotopic (exact) mass is 1480 g/mol. The van der Waals surface area contributed by atoms with Gasteiger partial charge in [-0.25, -0.2) is 0 Å². The Hall–Kier alpha value is -6.19. The molecule has 0 aromatic heterocycles. The number of halogens is 1. The quantitative estimate of drug-likeness (QED) is 0.0705. The topological polar surface area (TPSA) is 329 Å². The zero-order valence-electron chi connectivity index (χ0n) is 66.1. The van der Waals surface area contributed by atoms with Crippen LogP contribution in [0.2, 0.25) is 0 Å². The van der Waals surface area contributed by atoms with Gasteiger partial charge in [-0.2, -0.15) is 0 Å². The van der Waals surface area contributed by atoms with E-state index in [0.717, 1.165) is 30.6 Å². The van der Waals surface area contributed by atoms with Crippen LogP contribution in [0.5, 0.6) is 0 Å². The lowest BCUT2D eigenvalue weighted by atomic mass is 9.83. The minimum atomic E-state index is -1.67. The van der Waals surface area contributed by atoms with Gasteiger partial charge in [-0.15, -0.1) is 11.6 Å². The van der Waals surface area contributed by atoms with Gasteiger partial charge in [0.25, 0.3) is 0 Å². The van der Waals surface area contributed by atoms with E-state index in [2.05, 4.69) is 21.3 Å². The number of aliphatic hydroxyl groups excluding tert-OH is 2. The Bertz CT molecular complexity index is 2790. The molecule has 2 heterocycles. The van der Waals surface area contributed by atoms with Gasteiger partial charge < -0.3 is 75.4 Å². The zero-order chi connectivity index (χ0) is 78.0. The number of carbonyl (C=O) groups is 12. The van der Waals surface area contributed by atoms with Gasteiger partial charge in [0, 0.05) is 87.2 Å². The number of carbonyl (C=O) groups excluding carboxylic acids is 12. The normalized spacial score (nSPS) is 27.8. The number of hydrogen-bond acceptors (Lipinski definition) is 15. The molecule has 0 aromatic rings. The molecule has 0 aromatic carbocycles. The second-order valence-corrected chi connectivity index (χ2v) is 32.4. The predicted molar refractivity (Wildman–Crippen MR) is 396 cm³/mol. The molecule has 1 saturated carbocycles. The largest absolute Gasteiger partial charge is 0.394 e. The van der Waals surface area contributed by atoms with E-state index in [-0.39, 0.29) is 112 Å². The molecule has 3 rings (SSSR count). The number of aliphatic hydroxyl groups is 2. The summed E-state index contributed by atoms with van der Waals surface area (Å²) in [5.74, 6) is -9.00. The molecule has 1 aliphatic carbocycles. The number of nitrogens with zero attached hydrogens (tertiary/aromatic N) is 8. The first-order valence-electron chi connectivity index (χ1n) is 38.0. The van der Waals surface area contributed by atoms with Gasteiger partial charge in [0.15, 0.2) is 0 Å². The van der Waals surface area contributed by atoms with E-state index < -0.39 is 163 Å². The Morgan fingerprint density at radius 1 is 0.495 bits per heavy atom. The minimum absolute atomic E-state index is 0.0474. The Kier molecular flexibility index (Phi) is 38.9. The number of nitrogens with one attached hydrogen (secondary N) is 4. The van der Waals surface area contributed by atoms with Crippen LogP contribution in [0.3, 0.4) is 0 Å². The van der Waals surface area contributed by atoms with Crippen molar-refractivity contribution >= 4 is 82.5 Å². The van der Waals surface area contributed by atoms with Gasteiger partial charge in [0.05, 0.1) is 38.4 Å². The van der Waals surface area contributed by atoms with Crippen LogP contribution in [0.15, 0.2) is 0 Å². The summed E-state index contributed by atoms with van der Waals surface area (Å²) >= 11 is 6.79. The summed E-state index contributed by atoms with van der Waals surface area (Å²) in [5, 5.41) is 32.6. The van der Waals surface area contributed by atoms with E-state index in [9.17, 15) is 48.6 Å². The van der Waals surface area contributed by atoms with Gasteiger partial charge in [-0.3, -0.25) is 57.5 Å². The standard InChI is InChI=1S/C75H133ClN12O15/c1-21-50(12)65-74(101)87(20)61(41-52-27-25-28-53(76)40-52)73(100)84(17)58(37-47(6)7)67(94)77-54(44-103-34-33-89)42-64(93)83(16)57(36-46(4)5)70(97)80-66(51(13)90)75(102)86(19)60(39-49(10)11)72(99)85(18)59(38-48(8)9)68(95)78-55(71(98)88-31-23-22-24-32-88)43-63(92)81(14)30-26-29-62(91)82(15)56(35-45(2)3)69(96)79-65/h45-61,65-66,89-90H,21-44H2,1-20H3,(H,77,94)(H,78,95)(H,79,96)(H,80,97)/t50-,51+,52?,53?,54+,55-,56-,57-,58-,59-,60-,61-,65-,66-/m0/s1. The third-order valence-corrected chi connectivity index (χ3v) is 21.0. The fourth-order valence-electron chi connectivity index (χ4n) is 14.0. The van der Waals surface area contributed by atoms with Gasteiger partial charge in [0.2, 0.25) is 70.9 Å². The Morgan fingerprint density at radius 3 is 1.42 bits per heavy atom. The van der Waals surface area contributed by atoms with Crippen molar-refractivity contribution in [3.05, 3.63) is 0 Å². The average Bonchev–Trinajstić information content (AvgIpc) is 0.817. The maximum atomic E-state index is 15.6. The SMILES string of the molecule is CC[C@H](C)[C@@H]1NC(=O)[C@H](CC(C)C)N(C)C(=O)CCCN(C)C(=O)C[C@@H](C(=O)N2CCCCC2)NC(=O)[C@H](CC(C)C)N(C)C(=O)[C@H](CC(C)C)N(C)C(=O)[C@H]([C@@H](C)O)NC(=O)[C@H](CC(C)C)N(C)C(=O)C[C@H](COCCO)NC(=O)[C@H](CC(C)C)N(C)C(=O)[C@H](CC2CCCC(Cl)C2)N(C)C1=O. The first-order chi connectivity index (χ1) is 48.2. The van der Waals surface area contributed by atoms with Crippen LogP contribution < -0.4 is 21.3 Å². The van der Waals surface area contributed by atoms with Crippen molar-refractivity contribution in [1.82, 2.24) is 60.5 Å². The van der Waals surface area contributed by atoms with Crippen molar-refractivity contribution in [2.75, 3.05) is 88.8 Å². The van der Waals surface area contributed by atoms with E-state index in [1.165, 1.54) is 85.7 Å².